The molecular formula is C16H25ClN4O4S. The number of carbonyl (C=O) groups is 2. The molecule has 1 saturated heterocycles. The molecule has 0 aliphatic carbocycles. The number of amides is 2. The molecule has 10 heteroatoms. The van der Waals surface area contributed by atoms with E-state index < -0.39 is 10.0 Å². The number of nitrogens with zero attached hydrogens (tertiary/aromatic N) is 1. The van der Waals surface area contributed by atoms with E-state index in [0.29, 0.717) is 5.69 Å². The average Bonchev–Trinajstić information content (AvgIpc) is 2.55. The van der Waals surface area contributed by atoms with E-state index in [0.717, 1.165) is 30.2 Å². The van der Waals surface area contributed by atoms with E-state index in [9.17, 15) is 18.0 Å². The highest BCUT2D eigenvalue weighted by Crippen LogP contribution is 2.17. The number of rotatable bonds is 6. The van der Waals surface area contributed by atoms with Crippen LogP contribution in [0.1, 0.15) is 19.8 Å². The van der Waals surface area contributed by atoms with Gasteiger partial charge in [-0.2, -0.15) is 4.31 Å². The molecule has 1 aliphatic rings. The van der Waals surface area contributed by atoms with Crippen LogP contribution in [0.4, 0.5) is 5.69 Å². The molecule has 1 heterocycles. The van der Waals surface area contributed by atoms with Crippen molar-refractivity contribution in [1.82, 2.24) is 14.9 Å². The van der Waals surface area contributed by atoms with Gasteiger partial charge in [0.05, 0.1) is 11.4 Å². The topological polar surface area (TPSA) is 108 Å². The Bertz CT molecular complexity index is 718. The standard InChI is InChI=1S/C16H24N4O4S.ClH/c1-12(21)18-13-3-5-15(6-4-13)25(23,24)20(2)11-16(22)19-14-7-9-17-10-8-14;/h3-6,14,17H,7-11H2,1-2H3,(H,18,21)(H,19,22);1H. The Balaban J connectivity index is 0.00000338. The first-order valence-corrected chi connectivity index (χ1v) is 9.57. The smallest absolute Gasteiger partial charge is 0.243 e. The van der Waals surface area contributed by atoms with E-state index in [1.807, 2.05) is 0 Å². The number of likely N-dealkylation sites (N-methyl/N-ethyl adjacent to an activating group) is 1. The normalized spacial score (nSPS) is 15.2. The van der Waals surface area contributed by atoms with Gasteiger partial charge in [0.25, 0.3) is 0 Å². The summed E-state index contributed by atoms with van der Waals surface area (Å²) in [6.45, 7) is 2.83. The fourth-order valence-corrected chi connectivity index (χ4v) is 3.75. The predicted molar refractivity (Wildman–Crippen MR) is 102 cm³/mol. The Hall–Kier alpha value is -1.68. The van der Waals surface area contributed by atoms with Gasteiger partial charge in [0.2, 0.25) is 21.8 Å². The molecule has 8 nitrogen and oxygen atoms in total. The summed E-state index contributed by atoms with van der Waals surface area (Å²) in [6, 6.07) is 5.92. The molecule has 0 radical (unpaired) electrons. The molecule has 2 rings (SSSR count). The molecule has 1 aromatic rings. The van der Waals surface area contributed by atoms with E-state index in [1.165, 1.54) is 38.2 Å². The minimum absolute atomic E-state index is 0. The fraction of sp³-hybridized carbons (Fsp3) is 0.500. The maximum Gasteiger partial charge on any atom is 0.243 e. The van der Waals surface area contributed by atoms with Gasteiger partial charge in [-0.3, -0.25) is 9.59 Å². The molecule has 1 aromatic carbocycles. The molecule has 1 aliphatic heterocycles. The molecule has 26 heavy (non-hydrogen) atoms. The number of benzene rings is 1. The quantitative estimate of drug-likeness (QED) is 0.642. The minimum atomic E-state index is -3.77. The van der Waals surface area contributed by atoms with Crippen LogP contribution in [-0.2, 0) is 19.6 Å². The van der Waals surface area contributed by atoms with Crippen LogP contribution >= 0.6 is 12.4 Å². The maximum atomic E-state index is 12.5. The van der Waals surface area contributed by atoms with E-state index in [4.69, 9.17) is 0 Å². The van der Waals surface area contributed by atoms with Crippen LogP contribution in [0.15, 0.2) is 29.2 Å². The predicted octanol–water partition coefficient (Wildman–Crippen LogP) is 0.556. The second-order valence-electron chi connectivity index (χ2n) is 6.06. The highest BCUT2D eigenvalue weighted by molar-refractivity contribution is 7.89. The molecule has 0 atom stereocenters. The number of piperidine rings is 1. The summed E-state index contributed by atoms with van der Waals surface area (Å²) in [6.07, 6.45) is 1.68. The van der Waals surface area contributed by atoms with Gasteiger partial charge in [0, 0.05) is 25.7 Å². The van der Waals surface area contributed by atoms with Gasteiger partial charge < -0.3 is 16.0 Å². The third-order valence-electron chi connectivity index (χ3n) is 3.95. The largest absolute Gasteiger partial charge is 0.352 e. The van der Waals surface area contributed by atoms with Crippen LogP contribution in [0.5, 0.6) is 0 Å². The lowest BCUT2D eigenvalue weighted by Gasteiger charge is -2.25. The average molecular weight is 405 g/mol. The van der Waals surface area contributed by atoms with Gasteiger partial charge >= 0.3 is 0 Å². The van der Waals surface area contributed by atoms with Crippen molar-refractivity contribution in [3.8, 4) is 0 Å². The lowest BCUT2D eigenvalue weighted by atomic mass is 10.1. The Morgan fingerprint density at radius 1 is 1.19 bits per heavy atom. The second kappa shape index (κ2) is 9.86. The Morgan fingerprint density at radius 2 is 1.77 bits per heavy atom. The summed E-state index contributed by atoms with van der Waals surface area (Å²) in [4.78, 5) is 23.2. The fourth-order valence-electron chi connectivity index (χ4n) is 2.62. The van der Waals surface area contributed by atoms with Crippen molar-refractivity contribution >= 4 is 39.9 Å². The number of hydrogen-bond donors (Lipinski definition) is 3. The summed E-state index contributed by atoms with van der Waals surface area (Å²) in [5.41, 5.74) is 0.512. The summed E-state index contributed by atoms with van der Waals surface area (Å²) in [7, 11) is -2.40. The van der Waals surface area contributed by atoms with Gasteiger partial charge in [0.15, 0.2) is 0 Å². The Kier molecular flexibility index (Phi) is 8.48. The number of sulfonamides is 1. The van der Waals surface area contributed by atoms with Crippen LogP contribution in [0.2, 0.25) is 0 Å². The number of hydrogen-bond acceptors (Lipinski definition) is 5. The number of nitrogens with one attached hydrogen (secondary N) is 3. The zero-order valence-corrected chi connectivity index (χ0v) is 16.5. The highest BCUT2D eigenvalue weighted by Gasteiger charge is 2.24. The van der Waals surface area contributed by atoms with Crippen molar-refractivity contribution in [3.05, 3.63) is 24.3 Å². The molecule has 1 fully saturated rings. The third-order valence-corrected chi connectivity index (χ3v) is 5.77. The Labute approximate surface area is 160 Å². The lowest BCUT2D eigenvalue weighted by molar-refractivity contribution is -0.122. The third kappa shape index (κ3) is 6.24. The second-order valence-corrected chi connectivity index (χ2v) is 8.10. The van der Waals surface area contributed by atoms with Crippen molar-refractivity contribution in [2.24, 2.45) is 0 Å². The van der Waals surface area contributed by atoms with Crippen LogP contribution in [-0.4, -0.2) is 57.3 Å². The molecule has 0 unspecified atom stereocenters. The van der Waals surface area contributed by atoms with Crippen LogP contribution in [0.25, 0.3) is 0 Å². The molecule has 146 valence electrons. The van der Waals surface area contributed by atoms with Crippen LogP contribution < -0.4 is 16.0 Å². The molecule has 3 N–H and O–H groups in total. The van der Waals surface area contributed by atoms with E-state index in [-0.39, 0.29) is 41.7 Å². The summed E-state index contributed by atoms with van der Waals surface area (Å²) in [5.74, 6) is -0.546. The minimum Gasteiger partial charge on any atom is -0.352 e. The first kappa shape index (κ1) is 22.4. The molecule has 2 amide bonds. The summed E-state index contributed by atoms with van der Waals surface area (Å²) < 4.78 is 26.1. The lowest BCUT2D eigenvalue weighted by Crippen LogP contribution is -2.46. The summed E-state index contributed by atoms with van der Waals surface area (Å²) >= 11 is 0. The van der Waals surface area contributed by atoms with Gasteiger partial charge in [-0.1, -0.05) is 0 Å². The van der Waals surface area contributed by atoms with E-state index in [2.05, 4.69) is 16.0 Å². The maximum absolute atomic E-state index is 12.5. The first-order chi connectivity index (χ1) is 11.8. The van der Waals surface area contributed by atoms with Gasteiger partial charge in [-0.15, -0.1) is 12.4 Å². The first-order valence-electron chi connectivity index (χ1n) is 8.13. The van der Waals surface area contributed by atoms with Gasteiger partial charge in [0.1, 0.15) is 0 Å². The molecule has 0 spiro atoms. The van der Waals surface area contributed by atoms with Crippen molar-refractivity contribution in [2.75, 3.05) is 32.0 Å². The van der Waals surface area contributed by atoms with Crippen molar-refractivity contribution in [3.63, 3.8) is 0 Å². The van der Waals surface area contributed by atoms with Gasteiger partial charge in [-0.25, -0.2) is 8.42 Å². The van der Waals surface area contributed by atoms with Crippen molar-refractivity contribution in [1.29, 1.82) is 0 Å². The SMILES string of the molecule is CC(=O)Nc1ccc(S(=O)(=O)N(C)CC(=O)NC2CCNCC2)cc1.Cl. The zero-order chi connectivity index (χ0) is 18.4. The van der Waals surface area contributed by atoms with Gasteiger partial charge in [-0.05, 0) is 50.2 Å². The Morgan fingerprint density at radius 3 is 2.31 bits per heavy atom. The number of carbonyl (C=O) groups excluding carboxylic acids is 2. The highest BCUT2D eigenvalue weighted by atomic mass is 35.5. The van der Waals surface area contributed by atoms with E-state index in [1.54, 1.807) is 0 Å². The molecular weight excluding hydrogens is 380 g/mol. The van der Waals surface area contributed by atoms with Crippen molar-refractivity contribution < 1.29 is 18.0 Å². The molecule has 0 aromatic heterocycles. The van der Waals surface area contributed by atoms with Crippen LogP contribution in [0, 0.1) is 0 Å². The number of anilines is 1. The zero-order valence-electron chi connectivity index (χ0n) is 14.8. The van der Waals surface area contributed by atoms with Crippen LogP contribution in [0.3, 0.4) is 0 Å². The monoisotopic (exact) mass is 404 g/mol. The van der Waals surface area contributed by atoms with E-state index >= 15 is 0 Å². The van der Waals surface area contributed by atoms with Crippen molar-refractivity contribution in [2.45, 2.75) is 30.7 Å². The molecule has 0 bridgehead atoms. The number of halogens is 1. The summed E-state index contributed by atoms with van der Waals surface area (Å²) in [5, 5.41) is 8.65. The molecule has 0 saturated carbocycles.